The molecule has 2 atom stereocenters. The average molecular weight is 235 g/mol. The van der Waals surface area contributed by atoms with Crippen molar-refractivity contribution in [3.63, 3.8) is 0 Å². The smallest absolute Gasteiger partial charge is 0.0810 e. The van der Waals surface area contributed by atoms with Crippen molar-refractivity contribution in [3.05, 3.63) is 29.8 Å². The minimum absolute atomic E-state index is 0.210. The number of aliphatic hydroxyl groups excluding tert-OH is 2. The third-order valence-electron chi connectivity index (χ3n) is 3.39. The van der Waals surface area contributed by atoms with Crippen molar-refractivity contribution in [2.75, 3.05) is 24.6 Å². The lowest BCUT2D eigenvalue weighted by Crippen LogP contribution is -2.30. The molecule has 0 saturated carbocycles. The summed E-state index contributed by atoms with van der Waals surface area (Å²) in [5, 5.41) is 19.2. The summed E-state index contributed by atoms with van der Waals surface area (Å²) in [6.45, 7) is 4.06. The van der Waals surface area contributed by atoms with Crippen molar-refractivity contribution in [2.45, 2.75) is 25.9 Å². The summed E-state index contributed by atoms with van der Waals surface area (Å²) < 4.78 is 0. The topological polar surface area (TPSA) is 43.7 Å². The molecule has 1 aliphatic rings. The van der Waals surface area contributed by atoms with E-state index in [2.05, 4.69) is 11.0 Å². The Balaban J connectivity index is 2.25. The Bertz CT molecular complexity index is 367. The number of aliphatic hydroxyl groups is 2. The highest BCUT2D eigenvalue weighted by atomic mass is 16.3. The normalized spacial score (nSPS) is 21.8. The lowest BCUT2D eigenvalue weighted by Gasteiger charge is -2.27. The van der Waals surface area contributed by atoms with Gasteiger partial charge in [-0.15, -0.1) is 0 Å². The first-order chi connectivity index (χ1) is 8.22. The highest BCUT2D eigenvalue weighted by Gasteiger charge is 2.21. The van der Waals surface area contributed by atoms with Crippen molar-refractivity contribution in [2.24, 2.45) is 5.92 Å². The minimum Gasteiger partial charge on any atom is -0.396 e. The van der Waals surface area contributed by atoms with Crippen LogP contribution >= 0.6 is 0 Å². The van der Waals surface area contributed by atoms with Crippen molar-refractivity contribution < 1.29 is 10.2 Å². The second-order valence-electron chi connectivity index (χ2n) is 4.95. The molecule has 1 aliphatic heterocycles. The van der Waals surface area contributed by atoms with E-state index in [1.54, 1.807) is 0 Å². The van der Waals surface area contributed by atoms with Gasteiger partial charge in [0.1, 0.15) is 0 Å². The fourth-order valence-electron chi connectivity index (χ4n) is 2.43. The van der Waals surface area contributed by atoms with Crippen LogP contribution < -0.4 is 4.90 Å². The van der Waals surface area contributed by atoms with Crippen LogP contribution in [0.25, 0.3) is 0 Å². The van der Waals surface area contributed by atoms with E-state index < -0.39 is 0 Å². The van der Waals surface area contributed by atoms with Crippen molar-refractivity contribution in [3.8, 4) is 0 Å². The summed E-state index contributed by atoms with van der Waals surface area (Å²) in [6, 6.07) is 8.05. The van der Waals surface area contributed by atoms with Crippen LogP contribution in [0.15, 0.2) is 24.3 Å². The molecule has 3 nitrogen and oxygen atoms in total. The van der Waals surface area contributed by atoms with Gasteiger partial charge in [-0.3, -0.25) is 0 Å². The van der Waals surface area contributed by atoms with Gasteiger partial charge in [-0.2, -0.15) is 0 Å². The monoisotopic (exact) mass is 235 g/mol. The lowest BCUT2D eigenvalue weighted by molar-refractivity contribution is 0.168. The predicted molar refractivity (Wildman–Crippen MR) is 69.1 cm³/mol. The van der Waals surface area contributed by atoms with Crippen molar-refractivity contribution >= 4 is 5.69 Å². The average Bonchev–Trinajstić information content (AvgIpc) is 2.51. The molecule has 0 amide bonds. The van der Waals surface area contributed by atoms with Gasteiger partial charge in [-0.05, 0) is 24.8 Å². The molecule has 94 valence electrons. The molecule has 1 aromatic carbocycles. The summed E-state index contributed by atoms with van der Waals surface area (Å²) in [4.78, 5) is 2.28. The van der Waals surface area contributed by atoms with Crippen LogP contribution in [0.3, 0.4) is 0 Å². The Morgan fingerprint density at radius 3 is 2.94 bits per heavy atom. The van der Waals surface area contributed by atoms with Gasteiger partial charge in [0, 0.05) is 30.9 Å². The van der Waals surface area contributed by atoms with E-state index in [1.807, 2.05) is 25.1 Å². The van der Waals surface area contributed by atoms with Crippen molar-refractivity contribution in [1.82, 2.24) is 0 Å². The maximum Gasteiger partial charge on any atom is 0.0810 e. The van der Waals surface area contributed by atoms with Gasteiger partial charge in [0.2, 0.25) is 0 Å². The second kappa shape index (κ2) is 5.52. The molecule has 17 heavy (non-hydrogen) atoms. The van der Waals surface area contributed by atoms with E-state index in [-0.39, 0.29) is 18.6 Å². The summed E-state index contributed by atoms with van der Waals surface area (Å²) in [6.07, 6.45) is 1.47. The van der Waals surface area contributed by atoms with Crippen LogP contribution in [0, 0.1) is 5.92 Å². The zero-order valence-corrected chi connectivity index (χ0v) is 10.3. The van der Waals surface area contributed by atoms with E-state index in [9.17, 15) is 5.11 Å². The molecular formula is C14H21NO2. The van der Waals surface area contributed by atoms with Crippen LogP contribution in [0.1, 0.15) is 31.4 Å². The van der Waals surface area contributed by atoms with E-state index in [4.69, 9.17) is 5.11 Å². The number of benzene rings is 1. The SMILES string of the molecule is CC(CO)CN1CCCC(O)c2ccccc21. The number of hydrogen-bond acceptors (Lipinski definition) is 3. The van der Waals surface area contributed by atoms with Crippen LogP contribution in [-0.2, 0) is 0 Å². The minimum atomic E-state index is -0.347. The Labute approximate surface area is 103 Å². The number of rotatable bonds is 3. The molecule has 0 radical (unpaired) electrons. The fraction of sp³-hybridized carbons (Fsp3) is 0.571. The predicted octanol–water partition coefficient (Wildman–Crippen LogP) is 1.95. The molecule has 0 aliphatic carbocycles. The summed E-state index contributed by atoms with van der Waals surface area (Å²) in [5.41, 5.74) is 2.15. The van der Waals surface area contributed by atoms with Crippen LogP contribution in [0.2, 0.25) is 0 Å². The van der Waals surface area contributed by atoms with Crippen molar-refractivity contribution in [1.29, 1.82) is 0 Å². The molecule has 3 heteroatoms. The fourth-order valence-corrected chi connectivity index (χ4v) is 2.43. The van der Waals surface area contributed by atoms with Gasteiger partial charge in [-0.1, -0.05) is 25.1 Å². The molecule has 2 rings (SSSR count). The number of anilines is 1. The first-order valence-corrected chi connectivity index (χ1v) is 6.35. The number of nitrogens with zero attached hydrogens (tertiary/aromatic N) is 1. The standard InChI is InChI=1S/C14H21NO2/c1-11(10-16)9-15-8-4-7-14(17)12-5-2-3-6-13(12)15/h2-3,5-6,11,14,16-17H,4,7-10H2,1H3. The zero-order valence-electron chi connectivity index (χ0n) is 10.3. The number of hydrogen-bond donors (Lipinski definition) is 2. The molecular weight excluding hydrogens is 214 g/mol. The Kier molecular flexibility index (Phi) is 4.02. The van der Waals surface area contributed by atoms with Crippen LogP contribution in [0.5, 0.6) is 0 Å². The molecule has 0 spiro atoms. The molecule has 0 fully saturated rings. The largest absolute Gasteiger partial charge is 0.396 e. The van der Waals surface area contributed by atoms with E-state index in [1.165, 1.54) is 0 Å². The number of fused-ring (bicyclic) bond motifs is 1. The molecule has 2 N–H and O–H groups in total. The van der Waals surface area contributed by atoms with Gasteiger partial charge < -0.3 is 15.1 Å². The zero-order chi connectivity index (χ0) is 12.3. The van der Waals surface area contributed by atoms with E-state index in [0.29, 0.717) is 0 Å². The van der Waals surface area contributed by atoms with Gasteiger partial charge in [0.15, 0.2) is 0 Å². The summed E-state index contributed by atoms with van der Waals surface area (Å²) >= 11 is 0. The first kappa shape index (κ1) is 12.4. The third-order valence-corrected chi connectivity index (χ3v) is 3.39. The number of para-hydroxylation sites is 1. The highest BCUT2D eigenvalue weighted by Crippen LogP contribution is 2.32. The maximum atomic E-state index is 10.1. The summed E-state index contributed by atoms with van der Waals surface area (Å²) in [7, 11) is 0. The molecule has 2 unspecified atom stereocenters. The lowest BCUT2D eigenvalue weighted by atomic mass is 10.0. The second-order valence-corrected chi connectivity index (χ2v) is 4.95. The van der Waals surface area contributed by atoms with E-state index >= 15 is 0 Å². The Hall–Kier alpha value is -1.06. The quantitative estimate of drug-likeness (QED) is 0.841. The molecule has 1 aromatic rings. The van der Waals surface area contributed by atoms with Gasteiger partial charge >= 0.3 is 0 Å². The Morgan fingerprint density at radius 1 is 1.41 bits per heavy atom. The van der Waals surface area contributed by atoms with Gasteiger partial charge in [-0.25, -0.2) is 0 Å². The molecule has 0 saturated heterocycles. The van der Waals surface area contributed by atoms with Gasteiger partial charge in [0.25, 0.3) is 0 Å². The molecule has 0 bridgehead atoms. The third kappa shape index (κ3) is 2.79. The van der Waals surface area contributed by atoms with Gasteiger partial charge in [0.05, 0.1) is 6.10 Å². The molecule has 1 heterocycles. The van der Waals surface area contributed by atoms with Crippen LogP contribution in [-0.4, -0.2) is 29.9 Å². The first-order valence-electron chi connectivity index (χ1n) is 6.35. The molecule has 0 aromatic heterocycles. The summed E-state index contributed by atoms with van der Waals surface area (Å²) in [5.74, 6) is 0.262. The Morgan fingerprint density at radius 2 is 2.18 bits per heavy atom. The maximum absolute atomic E-state index is 10.1. The highest BCUT2D eigenvalue weighted by molar-refractivity contribution is 5.55. The van der Waals surface area contributed by atoms with Crippen LogP contribution in [0.4, 0.5) is 5.69 Å². The van der Waals surface area contributed by atoms with E-state index in [0.717, 1.165) is 37.2 Å².